The zero-order valence-corrected chi connectivity index (χ0v) is 12.2. The first kappa shape index (κ1) is 14.1. The average Bonchev–Trinajstić information content (AvgIpc) is 2.77. The average molecular weight is 327 g/mol. The van der Waals surface area contributed by atoms with Crippen LogP contribution in [0.15, 0.2) is 16.6 Å². The van der Waals surface area contributed by atoms with E-state index in [0.717, 1.165) is 12.8 Å². The van der Waals surface area contributed by atoms with Crippen molar-refractivity contribution in [3.63, 3.8) is 0 Å². The normalized spacial score (nSPS) is 18.6. The quantitative estimate of drug-likeness (QED) is 0.922. The minimum Gasteiger partial charge on any atom is -0.481 e. The van der Waals surface area contributed by atoms with Gasteiger partial charge in [0.1, 0.15) is 5.75 Å². The molecule has 1 aliphatic carbocycles. The number of carboxylic acids is 1. The van der Waals surface area contributed by atoms with E-state index in [9.17, 15) is 9.59 Å². The van der Waals surface area contributed by atoms with Gasteiger partial charge in [0.2, 0.25) is 0 Å². The van der Waals surface area contributed by atoms with Gasteiger partial charge >= 0.3 is 5.97 Å². The molecular formula is C14H15BrO4. The van der Waals surface area contributed by atoms with Crippen molar-refractivity contribution < 1.29 is 19.4 Å². The molecule has 2 rings (SSSR count). The Morgan fingerprint density at radius 2 is 2.26 bits per heavy atom. The summed E-state index contributed by atoms with van der Waals surface area (Å²) in [5.41, 5.74) is 0.954. The van der Waals surface area contributed by atoms with E-state index in [1.165, 1.54) is 6.07 Å². The lowest BCUT2D eigenvalue weighted by molar-refractivity contribution is -0.123. The smallest absolute Gasteiger partial charge is 0.336 e. The minimum absolute atomic E-state index is 0.118. The first-order valence-electron chi connectivity index (χ1n) is 6.28. The number of ketones is 1. The topological polar surface area (TPSA) is 63.6 Å². The van der Waals surface area contributed by atoms with Gasteiger partial charge in [-0.25, -0.2) is 4.79 Å². The van der Waals surface area contributed by atoms with Crippen molar-refractivity contribution in [2.45, 2.75) is 38.7 Å². The molecule has 0 spiro atoms. The van der Waals surface area contributed by atoms with E-state index in [1.54, 1.807) is 6.07 Å². The number of benzene rings is 1. The van der Waals surface area contributed by atoms with E-state index in [1.807, 2.05) is 6.92 Å². The SMILES string of the molecule is CCc1c(C(=O)O)ccc(OC2CCCC2=O)c1Br. The second-order valence-electron chi connectivity index (χ2n) is 4.53. The molecule has 0 heterocycles. The Kier molecular flexibility index (Phi) is 4.24. The molecule has 1 N–H and O–H groups in total. The predicted octanol–water partition coefficient (Wildman–Crippen LogP) is 3.21. The van der Waals surface area contributed by atoms with E-state index in [2.05, 4.69) is 15.9 Å². The second-order valence-corrected chi connectivity index (χ2v) is 5.32. The number of rotatable bonds is 4. The summed E-state index contributed by atoms with van der Waals surface area (Å²) in [4.78, 5) is 22.7. The number of carbonyl (C=O) groups excluding carboxylic acids is 1. The van der Waals surface area contributed by atoms with E-state index in [-0.39, 0.29) is 11.3 Å². The van der Waals surface area contributed by atoms with Gasteiger partial charge in [0.15, 0.2) is 11.9 Å². The van der Waals surface area contributed by atoms with Crippen LogP contribution < -0.4 is 4.74 Å². The highest BCUT2D eigenvalue weighted by Crippen LogP contribution is 2.34. The van der Waals surface area contributed by atoms with Gasteiger partial charge in [-0.05, 0) is 52.9 Å². The molecule has 19 heavy (non-hydrogen) atoms. The molecule has 1 unspecified atom stereocenters. The largest absolute Gasteiger partial charge is 0.481 e. The van der Waals surface area contributed by atoms with Gasteiger partial charge in [-0.1, -0.05) is 6.92 Å². The number of carbonyl (C=O) groups is 2. The molecule has 102 valence electrons. The molecule has 0 radical (unpaired) electrons. The fraction of sp³-hybridized carbons (Fsp3) is 0.429. The van der Waals surface area contributed by atoms with Gasteiger partial charge in [-0.3, -0.25) is 4.79 Å². The molecule has 1 fully saturated rings. The highest BCUT2D eigenvalue weighted by Gasteiger charge is 2.27. The molecule has 0 aliphatic heterocycles. The summed E-state index contributed by atoms with van der Waals surface area (Å²) in [6, 6.07) is 3.14. The van der Waals surface area contributed by atoms with E-state index in [4.69, 9.17) is 9.84 Å². The summed E-state index contributed by atoms with van der Waals surface area (Å²) in [7, 11) is 0. The molecule has 0 bridgehead atoms. The highest BCUT2D eigenvalue weighted by molar-refractivity contribution is 9.10. The third kappa shape index (κ3) is 2.81. The Morgan fingerprint density at radius 3 is 2.79 bits per heavy atom. The van der Waals surface area contributed by atoms with Crippen LogP contribution in [0.25, 0.3) is 0 Å². The van der Waals surface area contributed by atoms with Crippen molar-refractivity contribution in [2.24, 2.45) is 0 Å². The van der Waals surface area contributed by atoms with Gasteiger partial charge in [0, 0.05) is 6.42 Å². The van der Waals surface area contributed by atoms with E-state index in [0.29, 0.717) is 28.6 Å². The summed E-state index contributed by atoms with van der Waals surface area (Å²) < 4.78 is 6.34. The van der Waals surface area contributed by atoms with Crippen LogP contribution in [-0.4, -0.2) is 23.0 Å². The maximum absolute atomic E-state index is 11.6. The molecule has 1 aromatic carbocycles. The fourth-order valence-electron chi connectivity index (χ4n) is 2.30. The minimum atomic E-state index is -0.957. The molecule has 5 heteroatoms. The zero-order chi connectivity index (χ0) is 14.0. The van der Waals surface area contributed by atoms with Crippen molar-refractivity contribution in [1.29, 1.82) is 0 Å². The molecule has 0 aromatic heterocycles. The Balaban J connectivity index is 2.32. The lowest BCUT2D eigenvalue weighted by atomic mass is 10.0. The van der Waals surface area contributed by atoms with Crippen LogP contribution >= 0.6 is 15.9 Å². The van der Waals surface area contributed by atoms with Crippen LogP contribution in [0.2, 0.25) is 0 Å². The van der Waals surface area contributed by atoms with Gasteiger partial charge in [0.25, 0.3) is 0 Å². The summed E-state index contributed by atoms with van der Waals surface area (Å²) in [6.07, 6.45) is 2.34. The Bertz CT molecular complexity index is 524. The zero-order valence-electron chi connectivity index (χ0n) is 10.6. The maximum Gasteiger partial charge on any atom is 0.336 e. The standard InChI is InChI=1S/C14H15BrO4/c1-2-8-9(14(17)18)6-7-12(13(8)15)19-11-5-3-4-10(11)16/h6-7,11H,2-5H2,1H3,(H,17,18). The lowest BCUT2D eigenvalue weighted by Crippen LogP contribution is -2.21. The number of hydrogen-bond acceptors (Lipinski definition) is 3. The Labute approximate surface area is 119 Å². The number of halogens is 1. The van der Waals surface area contributed by atoms with Gasteiger partial charge in [-0.2, -0.15) is 0 Å². The second kappa shape index (κ2) is 5.74. The van der Waals surface area contributed by atoms with Crippen LogP contribution in [-0.2, 0) is 11.2 Å². The molecule has 0 amide bonds. The van der Waals surface area contributed by atoms with Gasteiger partial charge in [0.05, 0.1) is 10.0 Å². The number of aromatic carboxylic acids is 1. The van der Waals surface area contributed by atoms with Crippen molar-refractivity contribution in [3.8, 4) is 5.75 Å². The third-order valence-electron chi connectivity index (χ3n) is 3.31. The molecule has 1 atom stereocenters. The highest BCUT2D eigenvalue weighted by atomic mass is 79.9. The van der Waals surface area contributed by atoms with Crippen molar-refractivity contribution in [1.82, 2.24) is 0 Å². The Hall–Kier alpha value is -1.36. The number of Topliss-reactive ketones (excluding diaryl/α,β-unsaturated/α-hetero) is 1. The van der Waals surface area contributed by atoms with E-state index >= 15 is 0 Å². The van der Waals surface area contributed by atoms with Crippen molar-refractivity contribution in [3.05, 3.63) is 27.7 Å². The predicted molar refractivity (Wildman–Crippen MR) is 73.8 cm³/mol. The molecule has 1 aromatic rings. The summed E-state index contributed by atoms with van der Waals surface area (Å²) in [6.45, 7) is 1.89. The lowest BCUT2D eigenvalue weighted by Gasteiger charge is -2.16. The molecular weight excluding hydrogens is 312 g/mol. The monoisotopic (exact) mass is 326 g/mol. The van der Waals surface area contributed by atoms with Gasteiger partial charge in [-0.15, -0.1) is 0 Å². The molecule has 1 aliphatic rings. The van der Waals surface area contributed by atoms with Crippen molar-refractivity contribution >= 4 is 27.7 Å². The van der Waals surface area contributed by atoms with E-state index < -0.39 is 12.1 Å². The van der Waals surface area contributed by atoms with Crippen LogP contribution in [0.4, 0.5) is 0 Å². The number of ether oxygens (including phenoxy) is 1. The molecule has 1 saturated carbocycles. The number of hydrogen-bond donors (Lipinski definition) is 1. The molecule has 0 saturated heterocycles. The summed E-state index contributed by atoms with van der Waals surface area (Å²) >= 11 is 3.39. The first-order valence-corrected chi connectivity index (χ1v) is 7.08. The Morgan fingerprint density at radius 1 is 1.53 bits per heavy atom. The molecule has 4 nitrogen and oxygen atoms in total. The fourth-order valence-corrected chi connectivity index (χ4v) is 3.02. The third-order valence-corrected chi connectivity index (χ3v) is 4.18. The van der Waals surface area contributed by atoms with Gasteiger partial charge < -0.3 is 9.84 Å². The van der Waals surface area contributed by atoms with Crippen LogP contribution in [0.3, 0.4) is 0 Å². The summed E-state index contributed by atoms with van der Waals surface area (Å²) in [5, 5.41) is 9.12. The van der Waals surface area contributed by atoms with Crippen LogP contribution in [0.1, 0.15) is 42.1 Å². The first-order chi connectivity index (χ1) is 9.04. The summed E-state index contributed by atoms with van der Waals surface area (Å²) in [5.74, 6) is -0.296. The number of carboxylic acid groups (broad SMARTS) is 1. The van der Waals surface area contributed by atoms with Crippen LogP contribution in [0, 0.1) is 0 Å². The van der Waals surface area contributed by atoms with Crippen molar-refractivity contribution in [2.75, 3.05) is 0 Å². The van der Waals surface area contributed by atoms with Crippen LogP contribution in [0.5, 0.6) is 5.75 Å². The maximum atomic E-state index is 11.6.